The van der Waals surface area contributed by atoms with E-state index in [1.165, 1.54) is 11.8 Å². The van der Waals surface area contributed by atoms with Gasteiger partial charge in [0.05, 0.1) is 11.8 Å². The molecule has 5 aromatic rings. The second-order valence-corrected chi connectivity index (χ2v) is 10.8. The summed E-state index contributed by atoms with van der Waals surface area (Å²) in [6.45, 7) is 3.74. The Morgan fingerprint density at radius 1 is 0.932 bits per heavy atom. The topological polar surface area (TPSA) is 129 Å². The van der Waals surface area contributed by atoms with Crippen LogP contribution in [0.5, 0.6) is 0 Å². The number of benzene rings is 3. The normalized spacial score (nSPS) is 13.7. The summed E-state index contributed by atoms with van der Waals surface area (Å²) in [5.74, 6) is 1.76. The minimum atomic E-state index is -1.02. The molecule has 1 aliphatic rings. The zero-order valence-electron chi connectivity index (χ0n) is 24.4. The largest absolute Gasteiger partial charge is 0.478 e. The summed E-state index contributed by atoms with van der Waals surface area (Å²) in [4.78, 5) is 27.8. The van der Waals surface area contributed by atoms with Crippen LogP contribution in [-0.2, 0) is 6.42 Å². The third-order valence-corrected chi connectivity index (χ3v) is 7.60. The minimum Gasteiger partial charge on any atom is -0.478 e. The van der Waals surface area contributed by atoms with Gasteiger partial charge >= 0.3 is 5.97 Å². The van der Waals surface area contributed by atoms with Gasteiger partial charge in [-0.3, -0.25) is 0 Å². The third-order valence-electron chi connectivity index (χ3n) is 7.60. The number of rotatable bonds is 10. The number of nitrogens with one attached hydrogen (secondary N) is 2. The number of carboxylic acid groups (broad SMARTS) is 1. The molecule has 0 atom stereocenters. The Morgan fingerprint density at radius 2 is 1.66 bits per heavy atom. The smallest absolute Gasteiger partial charge is 0.336 e. The lowest BCUT2D eigenvalue weighted by Crippen LogP contribution is -2.35. The second kappa shape index (κ2) is 13.2. The number of carboxylic acids is 1. The van der Waals surface area contributed by atoms with E-state index in [-0.39, 0.29) is 11.5 Å². The Bertz CT molecular complexity index is 1740. The molecule has 10 nitrogen and oxygen atoms in total. The first-order chi connectivity index (χ1) is 21.5. The first-order valence-corrected chi connectivity index (χ1v) is 14.6. The predicted molar refractivity (Wildman–Crippen MR) is 172 cm³/mol. The lowest BCUT2D eigenvalue weighted by Gasteiger charge is -2.32. The van der Waals surface area contributed by atoms with E-state index in [1.807, 2.05) is 31.2 Å². The summed E-state index contributed by atoms with van der Waals surface area (Å²) >= 11 is 0. The summed E-state index contributed by atoms with van der Waals surface area (Å²) in [7, 11) is 0. The van der Waals surface area contributed by atoms with Crippen LogP contribution in [0.25, 0.3) is 11.3 Å². The predicted octanol–water partition coefficient (Wildman–Crippen LogP) is 6.79. The molecule has 0 spiro atoms. The number of hydrogen-bond donors (Lipinski definition) is 3. The molecule has 2 aromatic heterocycles. The van der Waals surface area contributed by atoms with Gasteiger partial charge in [0.1, 0.15) is 11.5 Å². The highest BCUT2D eigenvalue weighted by Gasteiger charge is 2.23. The van der Waals surface area contributed by atoms with Gasteiger partial charge in [0.2, 0.25) is 17.8 Å². The Kier molecular flexibility index (Phi) is 8.58. The maximum absolute atomic E-state index is 11.6. The van der Waals surface area contributed by atoms with E-state index < -0.39 is 5.97 Å². The van der Waals surface area contributed by atoms with Crippen molar-refractivity contribution in [2.45, 2.75) is 26.2 Å². The number of hydrogen-bond acceptors (Lipinski definition) is 9. The van der Waals surface area contributed by atoms with Crippen LogP contribution in [0.2, 0.25) is 0 Å². The van der Waals surface area contributed by atoms with Crippen molar-refractivity contribution in [1.29, 1.82) is 0 Å². The monoisotopic (exact) mass is 587 g/mol. The van der Waals surface area contributed by atoms with Crippen molar-refractivity contribution >= 4 is 35.7 Å². The average Bonchev–Trinajstić information content (AvgIpc) is 3.52. The molecule has 3 aromatic carbocycles. The number of aromatic carboxylic acids is 1. The van der Waals surface area contributed by atoms with Gasteiger partial charge in [-0.25, -0.2) is 10.2 Å². The standard InChI is InChI=1S/C34H33N7O3/c1-23-11-13-26(14-12-23)36-32-37-33(39-34(38-32)41-19-17-25(18-20-41)21-24-7-3-2-4-8-24)40-35-22-27-15-16-30(44-27)28-9-5-6-10-29(28)31(42)43/h2-16,22,25H,17-21H2,1H3,(H,42,43)(H2,36,37,38,39,40). The molecule has 6 rings (SSSR count). The summed E-state index contributed by atoms with van der Waals surface area (Å²) in [6, 6.07) is 28.8. The van der Waals surface area contributed by atoms with Crippen LogP contribution in [0.15, 0.2) is 101 Å². The van der Waals surface area contributed by atoms with Crippen molar-refractivity contribution in [1.82, 2.24) is 15.0 Å². The van der Waals surface area contributed by atoms with Crippen LogP contribution in [0.3, 0.4) is 0 Å². The van der Waals surface area contributed by atoms with Gasteiger partial charge in [-0.05, 0) is 68.0 Å². The summed E-state index contributed by atoms with van der Waals surface area (Å²) in [6.07, 6.45) is 4.67. The van der Waals surface area contributed by atoms with Crippen molar-refractivity contribution in [2.75, 3.05) is 28.7 Å². The molecule has 0 aliphatic carbocycles. The van der Waals surface area contributed by atoms with Gasteiger partial charge in [-0.1, -0.05) is 66.2 Å². The zero-order valence-corrected chi connectivity index (χ0v) is 24.4. The molecule has 222 valence electrons. The van der Waals surface area contributed by atoms with Crippen LogP contribution in [0, 0.1) is 12.8 Å². The summed E-state index contributed by atoms with van der Waals surface area (Å²) < 4.78 is 5.86. The number of nitrogens with zero attached hydrogens (tertiary/aromatic N) is 5. The van der Waals surface area contributed by atoms with Gasteiger partial charge in [-0.15, -0.1) is 0 Å². The molecule has 1 aliphatic heterocycles. The number of carbonyl (C=O) groups is 1. The van der Waals surface area contributed by atoms with Crippen LogP contribution >= 0.6 is 0 Å². The maximum atomic E-state index is 11.6. The van der Waals surface area contributed by atoms with Crippen LogP contribution in [0.1, 0.15) is 40.1 Å². The number of aromatic nitrogens is 3. The molecule has 0 unspecified atom stereocenters. The molecular weight excluding hydrogens is 554 g/mol. The number of piperidine rings is 1. The van der Waals surface area contributed by atoms with Crippen molar-refractivity contribution in [3.05, 3.63) is 113 Å². The number of furan rings is 1. The van der Waals surface area contributed by atoms with Crippen molar-refractivity contribution in [3.8, 4) is 11.3 Å². The van der Waals surface area contributed by atoms with Crippen molar-refractivity contribution in [3.63, 3.8) is 0 Å². The molecule has 1 fully saturated rings. The Labute approximate surface area is 255 Å². The SMILES string of the molecule is Cc1ccc(Nc2nc(NN=Cc3ccc(-c4ccccc4C(=O)O)o3)nc(N3CCC(Cc4ccccc4)CC3)n2)cc1. The Balaban J connectivity index is 1.18. The first-order valence-electron chi connectivity index (χ1n) is 14.6. The lowest BCUT2D eigenvalue weighted by molar-refractivity contribution is 0.0697. The molecule has 0 radical (unpaired) electrons. The number of anilines is 4. The minimum absolute atomic E-state index is 0.166. The maximum Gasteiger partial charge on any atom is 0.336 e. The molecule has 0 bridgehead atoms. The fraction of sp³-hybridized carbons (Fsp3) is 0.206. The van der Waals surface area contributed by atoms with E-state index >= 15 is 0 Å². The average molecular weight is 588 g/mol. The highest BCUT2D eigenvalue weighted by Crippen LogP contribution is 2.27. The molecule has 0 saturated carbocycles. The quantitative estimate of drug-likeness (QED) is 0.119. The number of hydrazone groups is 1. The molecule has 3 N–H and O–H groups in total. The fourth-order valence-electron chi connectivity index (χ4n) is 5.27. The Hall–Kier alpha value is -5.51. The van der Waals surface area contributed by atoms with E-state index in [0.717, 1.165) is 43.6 Å². The van der Waals surface area contributed by atoms with Gasteiger partial charge in [0.15, 0.2) is 0 Å². The molecule has 1 saturated heterocycles. The molecule has 3 heterocycles. The van der Waals surface area contributed by atoms with Crippen LogP contribution in [0.4, 0.5) is 23.5 Å². The van der Waals surface area contributed by atoms with Gasteiger partial charge in [0, 0.05) is 24.3 Å². The zero-order chi connectivity index (χ0) is 30.3. The van der Waals surface area contributed by atoms with E-state index in [1.54, 1.807) is 36.4 Å². The van der Waals surface area contributed by atoms with Crippen LogP contribution in [-0.4, -0.2) is 45.3 Å². The van der Waals surface area contributed by atoms with Crippen LogP contribution < -0.4 is 15.6 Å². The van der Waals surface area contributed by atoms with E-state index in [0.29, 0.717) is 34.9 Å². The van der Waals surface area contributed by atoms with E-state index in [4.69, 9.17) is 9.40 Å². The van der Waals surface area contributed by atoms with Crippen molar-refractivity contribution < 1.29 is 14.3 Å². The first kappa shape index (κ1) is 28.6. The van der Waals surface area contributed by atoms with E-state index in [2.05, 4.69) is 61.0 Å². The van der Waals surface area contributed by atoms with Gasteiger partial charge in [0.25, 0.3) is 0 Å². The number of aryl methyl sites for hydroxylation is 1. The molecule has 10 heteroatoms. The Morgan fingerprint density at radius 3 is 2.43 bits per heavy atom. The van der Waals surface area contributed by atoms with Crippen molar-refractivity contribution in [2.24, 2.45) is 11.0 Å². The second-order valence-electron chi connectivity index (χ2n) is 10.8. The van der Waals surface area contributed by atoms with Gasteiger partial charge in [-0.2, -0.15) is 20.1 Å². The molecule has 44 heavy (non-hydrogen) atoms. The lowest BCUT2D eigenvalue weighted by atomic mass is 9.90. The van der Waals surface area contributed by atoms with Gasteiger partial charge < -0.3 is 19.7 Å². The highest BCUT2D eigenvalue weighted by molar-refractivity contribution is 5.95. The molecule has 0 amide bonds. The summed E-state index contributed by atoms with van der Waals surface area (Å²) in [5.41, 5.74) is 6.98. The van der Waals surface area contributed by atoms with E-state index in [9.17, 15) is 9.90 Å². The highest BCUT2D eigenvalue weighted by atomic mass is 16.4. The summed E-state index contributed by atoms with van der Waals surface area (Å²) in [5, 5.41) is 17.1. The fourth-order valence-corrected chi connectivity index (χ4v) is 5.27. The molecular formula is C34H33N7O3. The third kappa shape index (κ3) is 7.09.